The molecule has 5 heteroatoms. The summed E-state index contributed by atoms with van der Waals surface area (Å²) >= 11 is 11.6. The van der Waals surface area contributed by atoms with Crippen LogP contribution in [0.3, 0.4) is 0 Å². The summed E-state index contributed by atoms with van der Waals surface area (Å²) in [5.41, 5.74) is 0.921. The van der Waals surface area contributed by atoms with Crippen molar-refractivity contribution in [1.82, 2.24) is 5.32 Å². The molecule has 0 heterocycles. The predicted molar refractivity (Wildman–Crippen MR) is 69.7 cm³/mol. The second kappa shape index (κ2) is 7.54. The highest BCUT2D eigenvalue weighted by molar-refractivity contribution is 6.30. The normalized spacial score (nSPS) is 12.2. The highest BCUT2D eigenvalue weighted by Crippen LogP contribution is 2.09. The number of hydrogen-bond donors (Lipinski definition) is 1. The van der Waals surface area contributed by atoms with Gasteiger partial charge in [-0.3, -0.25) is 4.79 Å². The van der Waals surface area contributed by atoms with Gasteiger partial charge in [0.25, 0.3) is 0 Å². The number of carbonyl (C=O) groups is 1. The molecular weight excluding hydrogens is 261 g/mol. The van der Waals surface area contributed by atoms with Crippen molar-refractivity contribution in [2.75, 3.05) is 20.3 Å². The SMILES string of the molecule is COCC(Cl)CNC(=O)Cc1ccc(Cl)cc1. The zero-order valence-electron chi connectivity index (χ0n) is 9.58. The maximum Gasteiger partial charge on any atom is 0.224 e. The van der Waals surface area contributed by atoms with Crippen molar-refractivity contribution in [2.45, 2.75) is 11.8 Å². The Balaban J connectivity index is 2.32. The van der Waals surface area contributed by atoms with Crippen LogP contribution in [0.25, 0.3) is 0 Å². The molecule has 0 saturated carbocycles. The molecule has 1 N–H and O–H groups in total. The highest BCUT2D eigenvalue weighted by atomic mass is 35.5. The monoisotopic (exact) mass is 275 g/mol. The predicted octanol–water partition coefficient (Wildman–Crippen LogP) is 2.25. The van der Waals surface area contributed by atoms with E-state index in [0.717, 1.165) is 5.56 Å². The van der Waals surface area contributed by atoms with E-state index in [0.29, 0.717) is 24.6 Å². The quantitative estimate of drug-likeness (QED) is 0.809. The molecule has 1 unspecified atom stereocenters. The lowest BCUT2D eigenvalue weighted by Gasteiger charge is -2.09. The third-order valence-corrected chi connectivity index (χ3v) is 2.68. The first kappa shape index (κ1) is 14.3. The zero-order chi connectivity index (χ0) is 12.7. The molecule has 0 bridgehead atoms. The third kappa shape index (κ3) is 5.91. The van der Waals surface area contributed by atoms with Crippen molar-refractivity contribution >= 4 is 29.1 Å². The Bertz CT molecular complexity index is 354. The number of amides is 1. The molecule has 1 atom stereocenters. The minimum Gasteiger partial charge on any atom is -0.383 e. The van der Waals surface area contributed by atoms with Crippen LogP contribution < -0.4 is 5.32 Å². The van der Waals surface area contributed by atoms with Crippen LogP contribution in [0.1, 0.15) is 5.56 Å². The molecule has 0 aliphatic carbocycles. The second-order valence-electron chi connectivity index (χ2n) is 3.66. The highest BCUT2D eigenvalue weighted by Gasteiger charge is 2.07. The van der Waals surface area contributed by atoms with Gasteiger partial charge in [0.15, 0.2) is 0 Å². The number of halogens is 2. The van der Waals surface area contributed by atoms with Crippen molar-refractivity contribution in [3.05, 3.63) is 34.9 Å². The van der Waals surface area contributed by atoms with Crippen molar-refractivity contribution < 1.29 is 9.53 Å². The molecule has 1 amide bonds. The fraction of sp³-hybridized carbons (Fsp3) is 0.417. The van der Waals surface area contributed by atoms with Gasteiger partial charge in [0.2, 0.25) is 5.91 Å². The molecule has 0 aliphatic rings. The van der Waals surface area contributed by atoms with E-state index in [4.69, 9.17) is 27.9 Å². The van der Waals surface area contributed by atoms with Crippen LogP contribution in [-0.4, -0.2) is 31.5 Å². The van der Waals surface area contributed by atoms with Gasteiger partial charge in [-0.2, -0.15) is 0 Å². The number of alkyl halides is 1. The van der Waals surface area contributed by atoms with E-state index in [-0.39, 0.29) is 11.3 Å². The van der Waals surface area contributed by atoms with Crippen molar-refractivity contribution in [3.63, 3.8) is 0 Å². The van der Waals surface area contributed by atoms with Crippen LogP contribution >= 0.6 is 23.2 Å². The van der Waals surface area contributed by atoms with Crippen molar-refractivity contribution in [3.8, 4) is 0 Å². The standard InChI is InChI=1S/C12H15Cl2NO2/c1-17-8-11(14)7-15-12(16)6-9-2-4-10(13)5-3-9/h2-5,11H,6-8H2,1H3,(H,15,16). The number of benzene rings is 1. The third-order valence-electron chi connectivity index (χ3n) is 2.15. The van der Waals surface area contributed by atoms with E-state index >= 15 is 0 Å². The van der Waals surface area contributed by atoms with Gasteiger partial charge in [-0.1, -0.05) is 23.7 Å². The summed E-state index contributed by atoms with van der Waals surface area (Å²) in [6.45, 7) is 0.824. The van der Waals surface area contributed by atoms with Gasteiger partial charge in [-0.25, -0.2) is 0 Å². The average Bonchev–Trinajstić information content (AvgIpc) is 2.30. The van der Waals surface area contributed by atoms with Gasteiger partial charge in [0.05, 0.1) is 18.4 Å². The van der Waals surface area contributed by atoms with E-state index in [2.05, 4.69) is 5.32 Å². The first-order chi connectivity index (χ1) is 8.11. The molecule has 0 aromatic heterocycles. The van der Waals surface area contributed by atoms with Crippen LogP contribution in [0.15, 0.2) is 24.3 Å². The van der Waals surface area contributed by atoms with Crippen LogP contribution in [0.5, 0.6) is 0 Å². The molecule has 0 aliphatic heterocycles. The summed E-state index contributed by atoms with van der Waals surface area (Å²) in [7, 11) is 1.57. The van der Waals surface area contributed by atoms with E-state index < -0.39 is 0 Å². The topological polar surface area (TPSA) is 38.3 Å². The van der Waals surface area contributed by atoms with Gasteiger partial charge >= 0.3 is 0 Å². The minimum atomic E-state index is -0.200. The number of nitrogens with one attached hydrogen (secondary N) is 1. The maximum absolute atomic E-state index is 11.6. The van der Waals surface area contributed by atoms with Crippen LogP contribution in [0, 0.1) is 0 Å². The molecule has 1 aromatic carbocycles. The Morgan fingerprint density at radius 1 is 1.41 bits per heavy atom. The fourth-order valence-corrected chi connectivity index (χ4v) is 1.64. The van der Waals surface area contributed by atoms with Crippen LogP contribution in [-0.2, 0) is 16.0 Å². The summed E-state index contributed by atoms with van der Waals surface area (Å²) in [5.74, 6) is -0.0610. The molecule has 17 heavy (non-hydrogen) atoms. The van der Waals surface area contributed by atoms with Gasteiger partial charge in [0.1, 0.15) is 0 Å². The fourth-order valence-electron chi connectivity index (χ4n) is 1.31. The van der Waals surface area contributed by atoms with Crippen LogP contribution in [0.4, 0.5) is 0 Å². The molecule has 1 aromatic rings. The number of ether oxygens (including phenoxy) is 1. The number of carbonyl (C=O) groups excluding carboxylic acids is 1. The van der Waals surface area contributed by atoms with Crippen LogP contribution in [0.2, 0.25) is 5.02 Å². The van der Waals surface area contributed by atoms with Crippen molar-refractivity contribution in [1.29, 1.82) is 0 Å². The molecule has 1 rings (SSSR count). The molecule has 94 valence electrons. The first-order valence-electron chi connectivity index (χ1n) is 5.26. The molecule has 0 spiro atoms. The van der Waals surface area contributed by atoms with Gasteiger partial charge in [-0.05, 0) is 17.7 Å². The molecule has 0 saturated heterocycles. The van der Waals surface area contributed by atoms with Gasteiger partial charge < -0.3 is 10.1 Å². The number of rotatable bonds is 6. The lowest BCUT2D eigenvalue weighted by atomic mass is 10.1. The lowest BCUT2D eigenvalue weighted by Crippen LogP contribution is -2.32. The summed E-state index contributed by atoms with van der Waals surface area (Å²) < 4.78 is 4.87. The van der Waals surface area contributed by atoms with E-state index in [1.54, 1.807) is 19.2 Å². The number of methoxy groups -OCH3 is 1. The smallest absolute Gasteiger partial charge is 0.224 e. The summed E-state index contributed by atoms with van der Waals surface area (Å²) in [6.07, 6.45) is 0.327. The summed E-state index contributed by atoms with van der Waals surface area (Å²) in [5, 5.41) is 3.21. The average molecular weight is 276 g/mol. The van der Waals surface area contributed by atoms with Crippen molar-refractivity contribution in [2.24, 2.45) is 0 Å². The Hall–Kier alpha value is -0.770. The molecule has 0 fully saturated rings. The minimum absolute atomic E-state index is 0.0610. The van der Waals surface area contributed by atoms with Gasteiger partial charge in [0, 0.05) is 18.7 Å². The summed E-state index contributed by atoms with van der Waals surface area (Å²) in [6, 6.07) is 7.18. The summed E-state index contributed by atoms with van der Waals surface area (Å²) in [4.78, 5) is 11.6. The Kier molecular flexibility index (Phi) is 6.34. The van der Waals surface area contributed by atoms with Gasteiger partial charge in [-0.15, -0.1) is 11.6 Å². The zero-order valence-corrected chi connectivity index (χ0v) is 11.1. The van der Waals surface area contributed by atoms with E-state index in [9.17, 15) is 4.79 Å². The molecule has 3 nitrogen and oxygen atoms in total. The van der Waals surface area contributed by atoms with E-state index in [1.165, 1.54) is 0 Å². The number of hydrogen-bond acceptors (Lipinski definition) is 2. The molecule has 0 radical (unpaired) electrons. The lowest BCUT2D eigenvalue weighted by molar-refractivity contribution is -0.120. The Morgan fingerprint density at radius 3 is 2.65 bits per heavy atom. The Morgan fingerprint density at radius 2 is 2.06 bits per heavy atom. The first-order valence-corrected chi connectivity index (χ1v) is 6.07. The van der Waals surface area contributed by atoms with E-state index in [1.807, 2.05) is 12.1 Å². The molecular formula is C12H15Cl2NO2. The maximum atomic E-state index is 11.6. The second-order valence-corrected chi connectivity index (χ2v) is 4.71. The largest absolute Gasteiger partial charge is 0.383 e. The Labute approximate surface area is 111 Å².